The molecule has 4 rings (SSSR count). The Balaban J connectivity index is 1.66. The third-order valence-electron chi connectivity index (χ3n) is 4.43. The molecule has 0 fully saturated rings. The van der Waals surface area contributed by atoms with Crippen LogP contribution in [0.3, 0.4) is 0 Å². The van der Waals surface area contributed by atoms with Crippen molar-refractivity contribution in [2.75, 3.05) is 12.4 Å². The molecule has 2 amide bonds. The number of nitrogens with zero attached hydrogens (tertiary/aromatic N) is 2. The van der Waals surface area contributed by atoms with Crippen molar-refractivity contribution >= 4 is 17.4 Å². The first kappa shape index (κ1) is 16.9. The van der Waals surface area contributed by atoms with Crippen LogP contribution in [-0.2, 0) is 0 Å². The van der Waals surface area contributed by atoms with Gasteiger partial charge in [-0.05, 0) is 36.4 Å². The van der Waals surface area contributed by atoms with E-state index in [0.29, 0.717) is 17.9 Å². The Labute approximate surface area is 157 Å². The van der Waals surface area contributed by atoms with Gasteiger partial charge in [0.15, 0.2) is 0 Å². The van der Waals surface area contributed by atoms with Crippen molar-refractivity contribution in [1.29, 1.82) is 0 Å². The predicted molar refractivity (Wildman–Crippen MR) is 103 cm³/mol. The van der Waals surface area contributed by atoms with Gasteiger partial charge in [0, 0.05) is 17.7 Å². The van der Waals surface area contributed by atoms with Crippen molar-refractivity contribution < 1.29 is 13.9 Å². The molecule has 0 spiro atoms. The number of anilines is 1. The zero-order valence-corrected chi connectivity index (χ0v) is 14.8. The van der Waals surface area contributed by atoms with E-state index in [2.05, 4.69) is 10.4 Å². The highest BCUT2D eigenvalue weighted by Gasteiger charge is 2.35. The van der Waals surface area contributed by atoms with Crippen LogP contribution in [0.4, 0.5) is 10.5 Å². The minimum atomic E-state index is -0.316. The van der Waals surface area contributed by atoms with Gasteiger partial charge in [-0.1, -0.05) is 30.3 Å². The molecule has 27 heavy (non-hydrogen) atoms. The van der Waals surface area contributed by atoms with Crippen LogP contribution in [0.2, 0.25) is 0 Å². The number of ether oxygens (including phenoxy) is 1. The van der Waals surface area contributed by atoms with Gasteiger partial charge in [-0.2, -0.15) is 5.10 Å². The number of hydrogen-bond donors (Lipinski definition) is 1. The van der Waals surface area contributed by atoms with E-state index in [-0.39, 0.29) is 12.1 Å². The van der Waals surface area contributed by atoms with Crippen molar-refractivity contribution in [3.8, 4) is 5.75 Å². The summed E-state index contributed by atoms with van der Waals surface area (Å²) in [6, 6.07) is 20.0. The summed E-state index contributed by atoms with van der Waals surface area (Å²) < 4.78 is 11.0. The normalized spacial score (nSPS) is 16.1. The fourth-order valence-corrected chi connectivity index (χ4v) is 3.15. The third kappa shape index (κ3) is 3.42. The zero-order valence-electron chi connectivity index (χ0n) is 14.8. The zero-order chi connectivity index (χ0) is 18.6. The number of rotatable bonds is 4. The highest BCUT2D eigenvalue weighted by atomic mass is 16.5. The first-order valence-corrected chi connectivity index (χ1v) is 8.66. The second kappa shape index (κ2) is 7.37. The van der Waals surface area contributed by atoms with E-state index >= 15 is 0 Å². The van der Waals surface area contributed by atoms with Gasteiger partial charge in [0.25, 0.3) is 0 Å². The van der Waals surface area contributed by atoms with E-state index in [1.165, 1.54) is 5.01 Å². The van der Waals surface area contributed by atoms with Crippen LogP contribution in [0, 0.1) is 0 Å². The summed E-state index contributed by atoms with van der Waals surface area (Å²) in [4.78, 5) is 12.9. The Hall–Kier alpha value is -3.54. The topological polar surface area (TPSA) is 67.1 Å². The number of nitrogens with one attached hydrogen (secondary N) is 1. The average Bonchev–Trinajstić information content (AvgIpc) is 3.38. The molecule has 6 nitrogen and oxygen atoms in total. The molecule has 0 saturated heterocycles. The van der Waals surface area contributed by atoms with Crippen LogP contribution in [0.1, 0.15) is 23.8 Å². The second-order valence-corrected chi connectivity index (χ2v) is 6.12. The van der Waals surface area contributed by atoms with Gasteiger partial charge in [0.1, 0.15) is 17.6 Å². The van der Waals surface area contributed by atoms with Crippen LogP contribution >= 0.6 is 0 Å². The molecular weight excluding hydrogens is 342 g/mol. The largest absolute Gasteiger partial charge is 0.496 e. The van der Waals surface area contributed by atoms with Crippen molar-refractivity contribution in [2.24, 2.45) is 5.10 Å². The Morgan fingerprint density at radius 3 is 2.63 bits per heavy atom. The lowest BCUT2D eigenvalue weighted by Gasteiger charge is -2.20. The number of methoxy groups -OCH3 is 1. The number of urea groups is 1. The van der Waals surface area contributed by atoms with Crippen LogP contribution < -0.4 is 10.1 Å². The monoisotopic (exact) mass is 361 g/mol. The number of hydrazone groups is 1. The van der Waals surface area contributed by atoms with Crippen molar-refractivity contribution in [3.63, 3.8) is 0 Å². The highest BCUT2D eigenvalue weighted by Crippen LogP contribution is 2.35. The molecule has 1 unspecified atom stereocenters. The lowest BCUT2D eigenvalue weighted by molar-refractivity contribution is 0.192. The van der Waals surface area contributed by atoms with Gasteiger partial charge >= 0.3 is 6.03 Å². The summed E-state index contributed by atoms with van der Waals surface area (Å²) >= 11 is 0. The molecule has 2 heterocycles. The van der Waals surface area contributed by atoms with Gasteiger partial charge < -0.3 is 14.5 Å². The molecule has 1 aliphatic heterocycles. The van der Waals surface area contributed by atoms with E-state index in [1.54, 1.807) is 13.4 Å². The fourth-order valence-electron chi connectivity index (χ4n) is 3.15. The van der Waals surface area contributed by atoms with Crippen molar-refractivity contribution in [1.82, 2.24) is 5.01 Å². The fraction of sp³-hybridized carbons (Fsp3) is 0.143. The van der Waals surface area contributed by atoms with E-state index in [1.807, 2.05) is 66.7 Å². The van der Waals surface area contributed by atoms with Gasteiger partial charge in [-0.15, -0.1) is 0 Å². The Morgan fingerprint density at radius 1 is 1.11 bits per heavy atom. The molecule has 0 radical (unpaired) electrons. The van der Waals surface area contributed by atoms with Crippen LogP contribution in [-0.4, -0.2) is 23.9 Å². The number of benzene rings is 2. The molecule has 136 valence electrons. The minimum Gasteiger partial charge on any atom is -0.496 e. The van der Waals surface area contributed by atoms with E-state index in [4.69, 9.17) is 9.15 Å². The second-order valence-electron chi connectivity index (χ2n) is 6.12. The number of carbonyl (C=O) groups excluding carboxylic acids is 1. The van der Waals surface area contributed by atoms with Crippen LogP contribution in [0.5, 0.6) is 5.75 Å². The molecule has 0 bridgehead atoms. The summed E-state index contributed by atoms with van der Waals surface area (Å²) in [5, 5.41) is 8.92. The van der Waals surface area contributed by atoms with Crippen molar-refractivity contribution in [3.05, 3.63) is 84.3 Å². The van der Waals surface area contributed by atoms with Gasteiger partial charge in [0.2, 0.25) is 0 Å². The molecule has 1 N–H and O–H groups in total. The molecule has 6 heteroatoms. The average molecular weight is 361 g/mol. The number of furan rings is 1. The van der Waals surface area contributed by atoms with Crippen LogP contribution in [0.15, 0.2) is 82.5 Å². The molecule has 3 aromatic rings. The van der Waals surface area contributed by atoms with Crippen LogP contribution in [0.25, 0.3) is 0 Å². The summed E-state index contributed by atoms with van der Waals surface area (Å²) in [7, 11) is 1.62. The Morgan fingerprint density at radius 2 is 1.89 bits per heavy atom. The SMILES string of the molecule is COc1ccccc1C1=NN(C(=O)Nc2ccccc2)C(c2ccco2)C1. The van der Waals surface area contributed by atoms with Gasteiger partial charge in [-0.25, -0.2) is 9.80 Å². The standard InChI is InChI=1S/C21H19N3O3/c1-26-19-11-6-5-10-16(19)17-14-18(20-12-7-13-27-20)24(23-17)21(25)22-15-8-3-2-4-9-15/h2-13,18H,14H2,1H3,(H,22,25). The van der Waals surface area contributed by atoms with E-state index in [0.717, 1.165) is 17.0 Å². The van der Waals surface area contributed by atoms with E-state index in [9.17, 15) is 4.79 Å². The first-order valence-electron chi connectivity index (χ1n) is 8.66. The maximum Gasteiger partial charge on any atom is 0.342 e. The maximum atomic E-state index is 12.9. The third-order valence-corrected chi connectivity index (χ3v) is 4.43. The Bertz CT molecular complexity index is 952. The number of carbonyl (C=O) groups is 1. The number of amides is 2. The Kier molecular flexibility index (Phi) is 4.61. The quantitative estimate of drug-likeness (QED) is 0.734. The summed E-state index contributed by atoms with van der Waals surface area (Å²) in [5.41, 5.74) is 2.35. The molecule has 1 aliphatic rings. The molecule has 1 atom stereocenters. The van der Waals surface area contributed by atoms with Crippen molar-refractivity contribution in [2.45, 2.75) is 12.5 Å². The lowest BCUT2D eigenvalue weighted by atomic mass is 10.0. The predicted octanol–water partition coefficient (Wildman–Crippen LogP) is 4.67. The smallest absolute Gasteiger partial charge is 0.342 e. The number of hydrogen-bond acceptors (Lipinski definition) is 4. The lowest BCUT2D eigenvalue weighted by Crippen LogP contribution is -2.31. The molecule has 2 aromatic carbocycles. The van der Waals surface area contributed by atoms with Gasteiger partial charge in [0.05, 0.1) is 19.1 Å². The van der Waals surface area contributed by atoms with E-state index < -0.39 is 0 Å². The summed E-state index contributed by atoms with van der Waals surface area (Å²) in [6.07, 6.45) is 2.14. The summed E-state index contributed by atoms with van der Waals surface area (Å²) in [5.74, 6) is 1.41. The highest BCUT2D eigenvalue weighted by molar-refractivity contribution is 6.05. The molecular formula is C21H19N3O3. The number of para-hydroxylation sites is 2. The molecule has 0 saturated carbocycles. The summed E-state index contributed by atoms with van der Waals surface area (Å²) in [6.45, 7) is 0. The molecule has 0 aliphatic carbocycles. The molecule has 1 aromatic heterocycles. The minimum absolute atomic E-state index is 0.313. The van der Waals surface area contributed by atoms with Gasteiger partial charge in [-0.3, -0.25) is 0 Å². The maximum absolute atomic E-state index is 12.9. The first-order chi connectivity index (χ1) is 13.3.